The predicted molar refractivity (Wildman–Crippen MR) is 40.7 cm³/mol. The van der Waals surface area contributed by atoms with Crippen LogP contribution in [0.15, 0.2) is 0 Å². The summed E-state index contributed by atoms with van der Waals surface area (Å²) in [7, 11) is 0. The Kier molecular flexibility index (Phi) is 2.58. The van der Waals surface area contributed by atoms with E-state index in [1.54, 1.807) is 0 Å². The molecule has 1 rings (SSSR count). The number of carbonyl (C=O) groups excluding carboxylic acids is 1. The Labute approximate surface area is 61.2 Å². The topological polar surface area (TPSA) is 17.1 Å². The van der Waals surface area contributed by atoms with Gasteiger partial charge in [-0.1, -0.05) is 6.42 Å². The van der Waals surface area contributed by atoms with Crippen LogP contribution in [0.2, 0.25) is 0 Å². The van der Waals surface area contributed by atoms with Gasteiger partial charge in [-0.05, 0) is 24.5 Å². The first kappa shape index (κ1) is 7.13. The lowest BCUT2D eigenvalue weighted by atomic mass is 10.0. The van der Waals surface area contributed by atoms with Gasteiger partial charge in [0.15, 0.2) is 0 Å². The van der Waals surface area contributed by atoms with Crippen molar-refractivity contribution in [3.8, 4) is 0 Å². The molecule has 0 spiro atoms. The smallest absolute Gasteiger partial charge is 0.123 e. The van der Waals surface area contributed by atoms with Crippen LogP contribution in [0.25, 0.3) is 0 Å². The van der Waals surface area contributed by atoms with Crippen molar-refractivity contribution in [3.05, 3.63) is 0 Å². The molecule has 0 radical (unpaired) electrons. The van der Waals surface area contributed by atoms with Gasteiger partial charge in [-0.25, -0.2) is 0 Å². The zero-order valence-electron chi connectivity index (χ0n) is 5.42. The molecule has 0 heterocycles. The van der Waals surface area contributed by atoms with Gasteiger partial charge in [0.05, 0.1) is 0 Å². The van der Waals surface area contributed by atoms with Gasteiger partial charge in [-0.2, -0.15) is 12.6 Å². The largest absolute Gasteiger partial charge is 0.303 e. The molecule has 0 aromatic heterocycles. The average Bonchev–Trinajstić information content (AvgIpc) is 2.33. The predicted octanol–water partition coefficient (Wildman–Crippen LogP) is 1.53. The summed E-state index contributed by atoms with van der Waals surface area (Å²) >= 11 is 4.17. The first-order chi connectivity index (χ1) is 4.38. The van der Waals surface area contributed by atoms with Gasteiger partial charge in [0.25, 0.3) is 0 Å². The van der Waals surface area contributed by atoms with E-state index in [-0.39, 0.29) is 0 Å². The number of carbonyl (C=O) groups is 1. The fraction of sp³-hybridized carbons (Fsp3) is 0.857. The summed E-state index contributed by atoms with van der Waals surface area (Å²) in [5.74, 6) is 1.77. The summed E-state index contributed by atoms with van der Waals surface area (Å²) in [4.78, 5) is 10.3. The molecule has 2 atom stereocenters. The van der Waals surface area contributed by atoms with Crippen molar-refractivity contribution >= 4 is 18.9 Å². The molecule has 0 aromatic rings. The van der Waals surface area contributed by atoms with Crippen LogP contribution in [0.4, 0.5) is 0 Å². The van der Waals surface area contributed by atoms with Crippen LogP contribution < -0.4 is 0 Å². The Morgan fingerprint density at radius 2 is 2.33 bits per heavy atom. The first-order valence-corrected chi connectivity index (χ1v) is 4.08. The highest BCUT2D eigenvalue weighted by Gasteiger charge is 2.24. The van der Waals surface area contributed by atoms with E-state index >= 15 is 0 Å². The molecule has 1 fully saturated rings. The molecule has 1 aliphatic rings. The van der Waals surface area contributed by atoms with Gasteiger partial charge in [0.2, 0.25) is 0 Å². The number of thiol groups is 1. The summed E-state index contributed by atoms with van der Waals surface area (Å²) in [6.45, 7) is 0. The van der Waals surface area contributed by atoms with Crippen LogP contribution in [0, 0.1) is 11.8 Å². The lowest BCUT2D eigenvalue weighted by molar-refractivity contribution is -0.111. The maximum Gasteiger partial charge on any atom is 0.123 e. The van der Waals surface area contributed by atoms with Crippen molar-refractivity contribution in [1.29, 1.82) is 0 Å². The summed E-state index contributed by atoms with van der Waals surface area (Å²) in [6.07, 6.45) is 4.60. The van der Waals surface area contributed by atoms with Crippen molar-refractivity contribution in [1.82, 2.24) is 0 Å². The Balaban J connectivity index is 2.41. The third kappa shape index (κ3) is 1.48. The zero-order valence-corrected chi connectivity index (χ0v) is 6.31. The molecule has 0 bridgehead atoms. The van der Waals surface area contributed by atoms with E-state index in [1.165, 1.54) is 12.8 Å². The monoisotopic (exact) mass is 144 g/mol. The fourth-order valence-electron chi connectivity index (χ4n) is 1.47. The molecule has 0 aromatic carbocycles. The van der Waals surface area contributed by atoms with E-state index in [1.807, 2.05) is 0 Å². The molecule has 1 saturated carbocycles. The van der Waals surface area contributed by atoms with Crippen LogP contribution in [-0.4, -0.2) is 12.0 Å². The molecule has 0 amide bonds. The maximum absolute atomic E-state index is 10.3. The Hall–Kier alpha value is 0.0200. The minimum absolute atomic E-state index is 0.322. The van der Waals surface area contributed by atoms with Crippen LogP contribution in [-0.2, 0) is 4.79 Å². The van der Waals surface area contributed by atoms with E-state index in [0.717, 1.165) is 18.5 Å². The minimum atomic E-state index is 0.322. The summed E-state index contributed by atoms with van der Waals surface area (Å²) in [5.41, 5.74) is 0. The highest BCUT2D eigenvalue weighted by Crippen LogP contribution is 2.30. The number of rotatable bonds is 2. The normalized spacial score (nSPS) is 34.8. The Morgan fingerprint density at radius 3 is 2.78 bits per heavy atom. The van der Waals surface area contributed by atoms with Gasteiger partial charge < -0.3 is 4.79 Å². The van der Waals surface area contributed by atoms with E-state index in [2.05, 4.69) is 12.6 Å². The molecule has 9 heavy (non-hydrogen) atoms. The van der Waals surface area contributed by atoms with Crippen molar-refractivity contribution in [2.75, 3.05) is 5.75 Å². The van der Waals surface area contributed by atoms with Crippen LogP contribution >= 0.6 is 12.6 Å². The molecule has 0 N–H and O–H groups in total. The second-order valence-electron chi connectivity index (χ2n) is 2.67. The summed E-state index contributed by atoms with van der Waals surface area (Å²) in [6, 6.07) is 0. The number of hydrogen-bond donors (Lipinski definition) is 1. The standard InChI is InChI=1S/C7H12OS/c8-4-6-2-1-3-7(6)5-9/h4,6-7,9H,1-3,5H2. The Bertz CT molecular complexity index is 103. The Morgan fingerprint density at radius 1 is 1.56 bits per heavy atom. The van der Waals surface area contributed by atoms with Gasteiger partial charge in [-0.3, -0.25) is 0 Å². The number of hydrogen-bond acceptors (Lipinski definition) is 2. The maximum atomic E-state index is 10.3. The van der Waals surface area contributed by atoms with E-state index < -0.39 is 0 Å². The van der Waals surface area contributed by atoms with E-state index in [4.69, 9.17) is 0 Å². The summed E-state index contributed by atoms with van der Waals surface area (Å²) < 4.78 is 0. The highest BCUT2D eigenvalue weighted by molar-refractivity contribution is 7.80. The van der Waals surface area contributed by atoms with E-state index in [9.17, 15) is 4.79 Å². The van der Waals surface area contributed by atoms with Gasteiger partial charge in [0.1, 0.15) is 6.29 Å². The number of aldehydes is 1. The molecule has 2 unspecified atom stereocenters. The van der Waals surface area contributed by atoms with Gasteiger partial charge >= 0.3 is 0 Å². The minimum Gasteiger partial charge on any atom is -0.303 e. The van der Waals surface area contributed by atoms with Crippen molar-refractivity contribution in [2.24, 2.45) is 11.8 Å². The quantitative estimate of drug-likeness (QED) is 0.459. The molecule has 2 heteroatoms. The molecular formula is C7H12OS. The second kappa shape index (κ2) is 3.25. The lowest BCUT2D eigenvalue weighted by Crippen LogP contribution is -2.09. The molecular weight excluding hydrogens is 132 g/mol. The first-order valence-electron chi connectivity index (χ1n) is 3.44. The average molecular weight is 144 g/mol. The van der Waals surface area contributed by atoms with Crippen LogP contribution in [0.3, 0.4) is 0 Å². The van der Waals surface area contributed by atoms with Crippen LogP contribution in [0.1, 0.15) is 19.3 Å². The lowest BCUT2D eigenvalue weighted by Gasteiger charge is -2.08. The molecule has 1 nitrogen and oxygen atoms in total. The van der Waals surface area contributed by atoms with Crippen molar-refractivity contribution in [2.45, 2.75) is 19.3 Å². The van der Waals surface area contributed by atoms with Gasteiger partial charge in [-0.15, -0.1) is 0 Å². The fourth-order valence-corrected chi connectivity index (χ4v) is 1.92. The SMILES string of the molecule is O=CC1CCCC1CS. The third-order valence-corrected chi connectivity index (χ3v) is 2.60. The van der Waals surface area contributed by atoms with Gasteiger partial charge in [0, 0.05) is 5.92 Å². The zero-order chi connectivity index (χ0) is 6.69. The molecule has 0 aliphatic heterocycles. The van der Waals surface area contributed by atoms with Crippen molar-refractivity contribution in [3.63, 3.8) is 0 Å². The molecule has 1 aliphatic carbocycles. The van der Waals surface area contributed by atoms with E-state index in [0.29, 0.717) is 11.8 Å². The second-order valence-corrected chi connectivity index (χ2v) is 3.04. The molecule has 52 valence electrons. The van der Waals surface area contributed by atoms with Crippen LogP contribution in [0.5, 0.6) is 0 Å². The van der Waals surface area contributed by atoms with Crippen molar-refractivity contribution < 1.29 is 4.79 Å². The molecule has 0 saturated heterocycles. The summed E-state index contributed by atoms with van der Waals surface area (Å²) in [5, 5.41) is 0. The highest BCUT2D eigenvalue weighted by atomic mass is 32.1. The third-order valence-electron chi connectivity index (χ3n) is 2.13.